The predicted molar refractivity (Wildman–Crippen MR) is 59.7 cm³/mol. The summed E-state index contributed by atoms with van der Waals surface area (Å²) in [5, 5.41) is 3.12. The summed E-state index contributed by atoms with van der Waals surface area (Å²) in [5.74, 6) is 0. The Hall–Kier alpha value is -0.120. The van der Waals surface area contributed by atoms with Gasteiger partial charge in [0.05, 0.1) is 17.8 Å². The summed E-state index contributed by atoms with van der Waals surface area (Å²) in [6, 6.07) is 0. The standard InChI is InChI=1S/C11H25NO2/c1-10(2,7-8-12-5)14-9-11(3,4)13-6/h12H,7-9H2,1-6H3. The number of methoxy groups -OCH3 is 1. The smallest absolute Gasteiger partial charge is 0.0855 e. The molecule has 0 aliphatic carbocycles. The lowest BCUT2D eigenvalue weighted by Crippen LogP contribution is -2.37. The zero-order valence-electron chi connectivity index (χ0n) is 10.4. The number of ether oxygens (including phenoxy) is 2. The summed E-state index contributed by atoms with van der Waals surface area (Å²) in [5.41, 5.74) is -0.282. The van der Waals surface area contributed by atoms with Crippen LogP contribution in [0.15, 0.2) is 0 Å². The number of hydrogen-bond acceptors (Lipinski definition) is 3. The first-order valence-corrected chi connectivity index (χ1v) is 5.17. The minimum Gasteiger partial charge on any atom is -0.376 e. The van der Waals surface area contributed by atoms with Crippen LogP contribution >= 0.6 is 0 Å². The second-order valence-electron chi connectivity index (χ2n) is 4.87. The van der Waals surface area contributed by atoms with Crippen LogP contribution in [0, 0.1) is 0 Å². The highest BCUT2D eigenvalue weighted by Crippen LogP contribution is 2.18. The lowest BCUT2D eigenvalue weighted by atomic mass is 10.0. The van der Waals surface area contributed by atoms with Gasteiger partial charge in [0.25, 0.3) is 0 Å². The molecule has 0 bridgehead atoms. The molecule has 0 saturated carbocycles. The Balaban J connectivity index is 3.85. The van der Waals surface area contributed by atoms with Gasteiger partial charge in [0.2, 0.25) is 0 Å². The molecule has 0 saturated heterocycles. The Morgan fingerprint density at radius 2 is 1.64 bits per heavy atom. The van der Waals surface area contributed by atoms with Gasteiger partial charge < -0.3 is 14.8 Å². The molecule has 0 aliphatic rings. The molecule has 0 spiro atoms. The summed E-state index contributed by atoms with van der Waals surface area (Å²) in [6.07, 6.45) is 1.00. The van der Waals surface area contributed by atoms with Gasteiger partial charge in [0.15, 0.2) is 0 Å². The van der Waals surface area contributed by atoms with Crippen molar-refractivity contribution in [3.05, 3.63) is 0 Å². The summed E-state index contributed by atoms with van der Waals surface area (Å²) < 4.78 is 11.1. The third-order valence-electron chi connectivity index (χ3n) is 2.34. The maximum atomic E-state index is 5.82. The van der Waals surface area contributed by atoms with Crippen LogP contribution in [0.1, 0.15) is 34.1 Å². The van der Waals surface area contributed by atoms with Crippen molar-refractivity contribution in [2.45, 2.75) is 45.3 Å². The third-order valence-corrected chi connectivity index (χ3v) is 2.34. The van der Waals surface area contributed by atoms with Gasteiger partial charge in [-0.1, -0.05) is 0 Å². The number of nitrogens with one attached hydrogen (secondary N) is 1. The fourth-order valence-electron chi connectivity index (χ4n) is 0.926. The van der Waals surface area contributed by atoms with Crippen molar-refractivity contribution in [3.63, 3.8) is 0 Å². The van der Waals surface area contributed by atoms with Gasteiger partial charge in [-0.05, 0) is 47.7 Å². The molecule has 0 amide bonds. The third kappa shape index (κ3) is 6.35. The second kappa shape index (κ2) is 5.69. The molecule has 0 radical (unpaired) electrons. The first kappa shape index (κ1) is 13.9. The van der Waals surface area contributed by atoms with Crippen LogP contribution in [0.3, 0.4) is 0 Å². The van der Waals surface area contributed by atoms with E-state index in [1.165, 1.54) is 0 Å². The largest absolute Gasteiger partial charge is 0.376 e. The molecule has 0 atom stereocenters. The Kier molecular flexibility index (Phi) is 5.64. The highest BCUT2D eigenvalue weighted by atomic mass is 16.5. The molecule has 1 N–H and O–H groups in total. The monoisotopic (exact) mass is 203 g/mol. The van der Waals surface area contributed by atoms with Gasteiger partial charge in [-0.15, -0.1) is 0 Å². The molecule has 0 fully saturated rings. The first-order chi connectivity index (χ1) is 6.33. The van der Waals surface area contributed by atoms with Crippen LogP contribution in [0.2, 0.25) is 0 Å². The van der Waals surface area contributed by atoms with Gasteiger partial charge in [-0.25, -0.2) is 0 Å². The molecule has 0 aliphatic heterocycles. The fourth-order valence-corrected chi connectivity index (χ4v) is 0.926. The average molecular weight is 203 g/mol. The molecule has 0 rings (SSSR count). The van der Waals surface area contributed by atoms with E-state index in [1.54, 1.807) is 7.11 Å². The van der Waals surface area contributed by atoms with Crippen molar-refractivity contribution in [2.75, 3.05) is 27.3 Å². The van der Waals surface area contributed by atoms with Crippen LogP contribution in [0.5, 0.6) is 0 Å². The van der Waals surface area contributed by atoms with Gasteiger partial charge in [0.1, 0.15) is 0 Å². The Labute approximate surface area is 88.2 Å². The van der Waals surface area contributed by atoms with E-state index in [0.717, 1.165) is 13.0 Å². The lowest BCUT2D eigenvalue weighted by molar-refractivity contribution is -0.108. The Bertz CT molecular complexity index is 155. The Morgan fingerprint density at radius 3 is 2.07 bits per heavy atom. The minimum atomic E-state index is -0.198. The zero-order valence-corrected chi connectivity index (χ0v) is 10.4. The predicted octanol–water partition coefficient (Wildman–Crippen LogP) is 1.82. The van der Waals surface area contributed by atoms with Crippen molar-refractivity contribution in [1.82, 2.24) is 5.32 Å². The Morgan fingerprint density at radius 1 is 1.07 bits per heavy atom. The van der Waals surface area contributed by atoms with E-state index in [0.29, 0.717) is 6.61 Å². The molecular formula is C11H25NO2. The molecule has 0 heterocycles. The molecule has 86 valence electrons. The highest BCUT2D eigenvalue weighted by molar-refractivity contribution is 4.74. The molecule has 0 aromatic carbocycles. The van der Waals surface area contributed by atoms with E-state index in [1.807, 2.05) is 20.9 Å². The normalized spacial score (nSPS) is 13.3. The number of rotatable bonds is 7. The SMILES string of the molecule is CNCCC(C)(C)OCC(C)(C)OC. The van der Waals surface area contributed by atoms with Crippen LogP contribution < -0.4 is 5.32 Å². The highest BCUT2D eigenvalue weighted by Gasteiger charge is 2.23. The molecular weight excluding hydrogens is 178 g/mol. The summed E-state index contributed by atoms with van der Waals surface area (Å²) in [7, 11) is 3.67. The minimum absolute atomic E-state index is 0.0845. The van der Waals surface area contributed by atoms with E-state index in [2.05, 4.69) is 19.2 Å². The molecule has 3 nitrogen and oxygen atoms in total. The summed E-state index contributed by atoms with van der Waals surface area (Å²) in [6.45, 7) is 9.87. The quantitative estimate of drug-likeness (QED) is 0.684. The summed E-state index contributed by atoms with van der Waals surface area (Å²) in [4.78, 5) is 0. The van der Waals surface area contributed by atoms with Crippen LogP contribution in [-0.2, 0) is 9.47 Å². The van der Waals surface area contributed by atoms with Crippen molar-refractivity contribution < 1.29 is 9.47 Å². The molecule has 3 heteroatoms. The van der Waals surface area contributed by atoms with Crippen molar-refractivity contribution in [3.8, 4) is 0 Å². The lowest BCUT2D eigenvalue weighted by Gasteiger charge is -2.31. The van der Waals surface area contributed by atoms with Crippen LogP contribution in [0.4, 0.5) is 0 Å². The van der Waals surface area contributed by atoms with E-state index >= 15 is 0 Å². The van der Waals surface area contributed by atoms with Crippen molar-refractivity contribution in [2.24, 2.45) is 0 Å². The van der Waals surface area contributed by atoms with Gasteiger partial charge in [-0.2, -0.15) is 0 Å². The topological polar surface area (TPSA) is 30.5 Å². The first-order valence-electron chi connectivity index (χ1n) is 5.17. The number of hydrogen-bond donors (Lipinski definition) is 1. The summed E-state index contributed by atoms with van der Waals surface area (Å²) >= 11 is 0. The fraction of sp³-hybridized carbons (Fsp3) is 1.00. The molecule has 0 aromatic heterocycles. The van der Waals surface area contributed by atoms with Crippen LogP contribution in [0.25, 0.3) is 0 Å². The van der Waals surface area contributed by atoms with E-state index in [9.17, 15) is 0 Å². The van der Waals surface area contributed by atoms with E-state index in [4.69, 9.17) is 9.47 Å². The second-order valence-corrected chi connectivity index (χ2v) is 4.87. The average Bonchev–Trinajstić information content (AvgIpc) is 2.12. The van der Waals surface area contributed by atoms with Crippen molar-refractivity contribution in [1.29, 1.82) is 0 Å². The van der Waals surface area contributed by atoms with Gasteiger partial charge in [-0.3, -0.25) is 0 Å². The zero-order chi connectivity index (χ0) is 11.2. The molecule has 0 unspecified atom stereocenters. The molecule has 0 aromatic rings. The van der Waals surface area contributed by atoms with Gasteiger partial charge in [0, 0.05) is 7.11 Å². The van der Waals surface area contributed by atoms with Crippen LogP contribution in [-0.4, -0.2) is 38.5 Å². The van der Waals surface area contributed by atoms with E-state index < -0.39 is 0 Å². The van der Waals surface area contributed by atoms with Crippen molar-refractivity contribution >= 4 is 0 Å². The molecule has 14 heavy (non-hydrogen) atoms. The van der Waals surface area contributed by atoms with Gasteiger partial charge >= 0.3 is 0 Å². The maximum Gasteiger partial charge on any atom is 0.0855 e. The maximum absolute atomic E-state index is 5.82. The van der Waals surface area contributed by atoms with E-state index in [-0.39, 0.29) is 11.2 Å².